The van der Waals surface area contributed by atoms with Crippen molar-refractivity contribution in [3.8, 4) is 5.75 Å². The molecule has 0 amide bonds. The van der Waals surface area contributed by atoms with Crippen LogP contribution in [0.2, 0.25) is 0 Å². The Labute approximate surface area is 80.1 Å². The van der Waals surface area contributed by atoms with Crippen LogP contribution < -0.4 is 4.74 Å². The van der Waals surface area contributed by atoms with Crippen LogP contribution in [0.15, 0.2) is 12.1 Å². The van der Waals surface area contributed by atoms with E-state index in [4.69, 9.17) is 9.84 Å². The van der Waals surface area contributed by atoms with Gasteiger partial charge in [-0.2, -0.15) is 0 Å². The van der Waals surface area contributed by atoms with Crippen LogP contribution in [0.5, 0.6) is 5.75 Å². The zero-order valence-electron chi connectivity index (χ0n) is 7.42. The van der Waals surface area contributed by atoms with Crippen LogP contribution in [-0.2, 0) is 6.61 Å². The number of hydrogen-bond acceptors (Lipinski definition) is 3. The van der Waals surface area contributed by atoms with Gasteiger partial charge in [-0.1, -0.05) is 6.07 Å². The zero-order chi connectivity index (χ0) is 10.1. The predicted octanol–water partition coefficient (Wildman–Crippen LogP) is 1.28. The maximum absolute atomic E-state index is 13.3. The Morgan fingerprint density at radius 2 is 2.29 bits per heavy atom. The van der Waals surface area contributed by atoms with Crippen LogP contribution >= 0.6 is 0 Å². The Kier molecular flexibility index (Phi) is 2.21. The number of fused-ring (bicyclic) bond motifs is 1. The Morgan fingerprint density at radius 1 is 1.50 bits per heavy atom. The second-order valence-electron chi connectivity index (χ2n) is 3.09. The topological polar surface area (TPSA) is 46.5 Å². The number of ketones is 1. The van der Waals surface area contributed by atoms with Gasteiger partial charge in [-0.15, -0.1) is 0 Å². The molecule has 0 bridgehead atoms. The van der Waals surface area contributed by atoms with Crippen LogP contribution in [0.1, 0.15) is 22.3 Å². The van der Waals surface area contributed by atoms with Crippen LogP contribution in [-0.4, -0.2) is 17.5 Å². The molecule has 0 saturated heterocycles. The molecule has 2 rings (SSSR count). The number of ether oxygens (including phenoxy) is 1. The lowest BCUT2D eigenvalue weighted by atomic mass is 10.0. The second-order valence-corrected chi connectivity index (χ2v) is 3.09. The molecule has 0 fully saturated rings. The fourth-order valence-electron chi connectivity index (χ4n) is 1.52. The number of rotatable bonds is 1. The normalized spacial score (nSPS) is 14.9. The fourth-order valence-corrected chi connectivity index (χ4v) is 1.52. The first-order chi connectivity index (χ1) is 6.74. The molecule has 0 saturated carbocycles. The summed E-state index contributed by atoms with van der Waals surface area (Å²) in [6.45, 7) is -0.00181. The van der Waals surface area contributed by atoms with Crippen molar-refractivity contribution < 1.29 is 19.0 Å². The highest BCUT2D eigenvalue weighted by molar-refractivity contribution is 6.00. The fraction of sp³-hybridized carbons (Fsp3) is 0.300. The van der Waals surface area contributed by atoms with Crippen molar-refractivity contribution in [3.05, 3.63) is 29.1 Å². The minimum Gasteiger partial charge on any atom is -0.492 e. The van der Waals surface area contributed by atoms with E-state index in [0.29, 0.717) is 5.56 Å². The molecular formula is C10H9FO3. The van der Waals surface area contributed by atoms with Crippen molar-refractivity contribution >= 4 is 5.78 Å². The Bertz CT molecular complexity index is 387. The van der Waals surface area contributed by atoms with Crippen molar-refractivity contribution in [3.63, 3.8) is 0 Å². The molecule has 1 aliphatic heterocycles. The van der Waals surface area contributed by atoms with Crippen molar-refractivity contribution in [2.24, 2.45) is 0 Å². The lowest BCUT2D eigenvalue weighted by Crippen LogP contribution is -2.18. The van der Waals surface area contributed by atoms with Gasteiger partial charge in [0.15, 0.2) is 5.78 Å². The molecular weight excluding hydrogens is 187 g/mol. The molecule has 0 radical (unpaired) electrons. The maximum atomic E-state index is 13.3. The van der Waals surface area contributed by atoms with Crippen molar-refractivity contribution in [1.82, 2.24) is 0 Å². The molecule has 0 aliphatic carbocycles. The number of Topliss-reactive ketones (excluding diaryl/α,β-unsaturated/α-hetero) is 1. The summed E-state index contributed by atoms with van der Waals surface area (Å²) in [5.74, 6) is -0.648. The summed E-state index contributed by atoms with van der Waals surface area (Å²) in [7, 11) is 0. The average Bonchev–Trinajstić information content (AvgIpc) is 2.18. The highest BCUT2D eigenvalue weighted by Gasteiger charge is 2.24. The number of aliphatic hydroxyl groups is 1. The zero-order valence-corrected chi connectivity index (χ0v) is 7.42. The van der Waals surface area contributed by atoms with Gasteiger partial charge in [-0.05, 0) is 6.07 Å². The van der Waals surface area contributed by atoms with E-state index in [0.717, 1.165) is 0 Å². The molecule has 74 valence electrons. The third kappa shape index (κ3) is 1.28. The van der Waals surface area contributed by atoms with E-state index < -0.39 is 5.82 Å². The summed E-state index contributed by atoms with van der Waals surface area (Å²) in [5, 5.41) is 8.96. The first-order valence-corrected chi connectivity index (χ1v) is 4.32. The third-order valence-electron chi connectivity index (χ3n) is 2.21. The number of hydrogen-bond donors (Lipinski definition) is 1. The molecule has 0 aromatic heterocycles. The van der Waals surface area contributed by atoms with Gasteiger partial charge in [-0.3, -0.25) is 4.79 Å². The Balaban J connectivity index is 2.63. The summed E-state index contributed by atoms with van der Waals surface area (Å²) in [4.78, 5) is 11.4. The molecule has 0 atom stereocenters. The Hall–Kier alpha value is -1.42. The summed E-state index contributed by atoms with van der Waals surface area (Å²) in [5.41, 5.74) is 0.428. The van der Waals surface area contributed by atoms with Gasteiger partial charge in [0.1, 0.15) is 11.6 Å². The van der Waals surface area contributed by atoms with E-state index in [-0.39, 0.29) is 36.7 Å². The third-order valence-corrected chi connectivity index (χ3v) is 2.21. The summed E-state index contributed by atoms with van der Waals surface area (Å²) in [6.07, 6.45) is 0.193. The van der Waals surface area contributed by atoms with Gasteiger partial charge >= 0.3 is 0 Å². The van der Waals surface area contributed by atoms with Gasteiger partial charge in [0.25, 0.3) is 0 Å². The van der Waals surface area contributed by atoms with Gasteiger partial charge in [0.2, 0.25) is 0 Å². The molecule has 1 aliphatic rings. The lowest BCUT2D eigenvalue weighted by molar-refractivity contribution is 0.0925. The first-order valence-electron chi connectivity index (χ1n) is 4.32. The SMILES string of the molecule is O=C1CCOc2c(CO)ccc(F)c21. The van der Waals surface area contributed by atoms with Crippen molar-refractivity contribution in [2.75, 3.05) is 6.61 Å². The van der Waals surface area contributed by atoms with Crippen LogP contribution in [0.3, 0.4) is 0 Å². The molecule has 0 spiro atoms. The highest BCUT2D eigenvalue weighted by Crippen LogP contribution is 2.31. The Morgan fingerprint density at radius 3 is 3.00 bits per heavy atom. The van der Waals surface area contributed by atoms with Gasteiger partial charge in [-0.25, -0.2) is 4.39 Å². The molecule has 1 heterocycles. The number of aliphatic hydroxyl groups excluding tert-OH is 1. The molecule has 4 heteroatoms. The quantitative estimate of drug-likeness (QED) is 0.736. The molecule has 1 aromatic rings. The van der Waals surface area contributed by atoms with Crippen LogP contribution in [0.25, 0.3) is 0 Å². The van der Waals surface area contributed by atoms with Gasteiger partial charge < -0.3 is 9.84 Å². The summed E-state index contributed by atoms with van der Waals surface area (Å²) >= 11 is 0. The molecule has 14 heavy (non-hydrogen) atoms. The van der Waals surface area contributed by atoms with Crippen molar-refractivity contribution in [2.45, 2.75) is 13.0 Å². The van der Waals surface area contributed by atoms with E-state index in [2.05, 4.69) is 0 Å². The van der Waals surface area contributed by atoms with E-state index in [9.17, 15) is 9.18 Å². The minimum absolute atomic E-state index is 0.0252. The second kappa shape index (κ2) is 3.38. The standard InChI is InChI=1S/C10H9FO3/c11-7-2-1-6(5-12)10-9(7)8(13)3-4-14-10/h1-2,12H,3-5H2. The summed E-state index contributed by atoms with van der Waals surface area (Å²) < 4.78 is 18.4. The van der Waals surface area contributed by atoms with Gasteiger partial charge in [0, 0.05) is 12.0 Å². The van der Waals surface area contributed by atoms with E-state index in [1.807, 2.05) is 0 Å². The van der Waals surface area contributed by atoms with E-state index in [1.165, 1.54) is 12.1 Å². The molecule has 0 unspecified atom stereocenters. The number of carbonyl (C=O) groups is 1. The van der Waals surface area contributed by atoms with E-state index >= 15 is 0 Å². The lowest BCUT2D eigenvalue weighted by Gasteiger charge is -2.19. The minimum atomic E-state index is -0.582. The summed E-state index contributed by atoms with van der Waals surface area (Å²) in [6, 6.07) is 2.60. The highest BCUT2D eigenvalue weighted by atomic mass is 19.1. The smallest absolute Gasteiger partial charge is 0.172 e. The first kappa shape index (κ1) is 9.15. The maximum Gasteiger partial charge on any atom is 0.172 e. The average molecular weight is 196 g/mol. The number of benzene rings is 1. The van der Waals surface area contributed by atoms with Crippen LogP contribution in [0.4, 0.5) is 4.39 Å². The monoisotopic (exact) mass is 196 g/mol. The number of halogens is 1. The largest absolute Gasteiger partial charge is 0.492 e. The molecule has 3 nitrogen and oxygen atoms in total. The van der Waals surface area contributed by atoms with Crippen molar-refractivity contribution in [1.29, 1.82) is 0 Å². The number of carbonyl (C=O) groups excluding carboxylic acids is 1. The van der Waals surface area contributed by atoms with Gasteiger partial charge in [0.05, 0.1) is 18.8 Å². The predicted molar refractivity (Wildman–Crippen MR) is 46.8 cm³/mol. The van der Waals surface area contributed by atoms with E-state index in [1.54, 1.807) is 0 Å². The van der Waals surface area contributed by atoms with Crippen LogP contribution in [0, 0.1) is 5.82 Å². The molecule has 1 aromatic carbocycles. The molecule has 1 N–H and O–H groups in total.